The third-order valence-corrected chi connectivity index (χ3v) is 3.78. The Morgan fingerprint density at radius 3 is 2.88 bits per heavy atom. The number of para-hydroxylation sites is 1. The number of hydrazine groups is 1. The highest BCUT2D eigenvalue weighted by molar-refractivity contribution is 7.99. The number of rotatable bonds is 3. The van der Waals surface area contributed by atoms with E-state index in [1.54, 1.807) is 12.1 Å². The molecule has 92 valence electrons. The molecule has 6 heteroatoms. The van der Waals surface area contributed by atoms with E-state index in [1.807, 2.05) is 0 Å². The van der Waals surface area contributed by atoms with E-state index in [0.717, 1.165) is 5.75 Å². The normalized spacial score (nSPS) is 23.4. The lowest BCUT2D eigenvalue weighted by Gasteiger charge is -2.20. The Balaban J connectivity index is 1.94. The summed E-state index contributed by atoms with van der Waals surface area (Å²) >= 11 is 1.52. The van der Waals surface area contributed by atoms with E-state index in [0.29, 0.717) is 12.2 Å². The van der Waals surface area contributed by atoms with Crippen LogP contribution in [0.4, 0.5) is 10.1 Å². The Bertz CT molecular complexity index is 422. The average Bonchev–Trinajstić information content (AvgIpc) is 2.76. The van der Waals surface area contributed by atoms with Gasteiger partial charge in [-0.2, -0.15) is 11.8 Å². The van der Waals surface area contributed by atoms with Gasteiger partial charge >= 0.3 is 0 Å². The van der Waals surface area contributed by atoms with E-state index in [-0.39, 0.29) is 5.69 Å². The van der Waals surface area contributed by atoms with Crippen molar-refractivity contribution in [2.24, 2.45) is 0 Å². The number of thioether (sulfide) groups is 1. The summed E-state index contributed by atoms with van der Waals surface area (Å²) in [6.07, 6.45) is 0.419. The van der Waals surface area contributed by atoms with Crippen molar-refractivity contribution in [2.75, 3.05) is 16.9 Å². The van der Waals surface area contributed by atoms with Crippen molar-refractivity contribution in [3.8, 4) is 0 Å². The van der Waals surface area contributed by atoms with Gasteiger partial charge in [-0.15, -0.1) is 0 Å². The zero-order valence-electron chi connectivity index (χ0n) is 9.07. The number of benzene rings is 1. The average molecular weight is 256 g/mol. The fourth-order valence-electron chi connectivity index (χ4n) is 1.54. The Hall–Kier alpha value is -1.27. The van der Waals surface area contributed by atoms with Gasteiger partial charge in [-0.1, -0.05) is 12.1 Å². The maximum absolute atomic E-state index is 13.2. The van der Waals surface area contributed by atoms with Gasteiger partial charge in [-0.25, -0.2) is 4.39 Å². The van der Waals surface area contributed by atoms with Crippen LogP contribution in [0, 0.1) is 5.82 Å². The highest BCUT2D eigenvalue weighted by atomic mass is 32.2. The van der Waals surface area contributed by atoms with E-state index >= 15 is 0 Å². The molecule has 0 aliphatic carbocycles. The van der Waals surface area contributed by atoms with Gasteiger partial charge in [0.2, 0.25) is 0 Å². The van der Waals surface area contributed by atoms with E-state index < -0.39 is 17.3 Å². The van der Waals surface area contributed by atoms with Crippen LogP contribution in [0.15, 0.2) is 24.3 Å². The second-order valence-corrected chi connectivity index (χ2v) is 5.00. The van der Waals surface area contributed by atoms with Crippen LogP contribution in [-0.2, 0) is 4.79 Å². The molecule has 1 aliphatic heterocycles. The summed E-state index contributed by atoms with van der Waals surface area (Å²) < 4.78 is 13.2. The molecule has 0 aromatic heterocycles. The first-order valence-corrected chi connectivity index (χ1v) is 6.38. The fraction of sp³-hybridized carbons (Fsp3) is 0.364. The minimum Gasteiger partial charge on any atom is -0.379 e. The summed E-state index contributed by atoms with van der Waals surface area (Å²) in [6.45, 7) is 0. The van der Waals surface area contributed by atoms with Gasteiger partial charge in [0.25, 0.3) is 5.91 Å². The molecule has 0 saturated carbocycles. The SMILES string of the molecule is O=C(NNc1ccccc1F)C1(O)CCSC1. The molecule has 0 bridgehead atoms. The van der Waals surface area contributed by atoms with Gasteiger partial charge in [0, 0.05) is 5.75 Å². The summed E-state index contributed by atoms with van der Waals surface area (Å²) in [4.78, 5) is 11.7. The Morgan fingerprint density at radius 1 is 1.47 bits per heavy atom. The smallest absolute Gasteiger partial charge is 0.271 e. The molecule has 1 atom stereocenters. The molecule has 2 rings (SSSR count). The summed E-state index contributed by atoms with van der Waals surface area (Å²) in [5.74, 6) is 0.146. The molecular formula is C11H13FN2O2S. The van der Waals surface area contributed by atoms with E-state index in [4.69, 9.17) is 0 Å². The molecule has 0 spiro atoms. The van der Waals surface area contributed by atoms with Gasteiger partial charge in [-0.05, 0) is 24.3 Å². The third-order valence-electron chi connectivity index (χ3n) is 2.61. The number of halogens is 1. The standard InChI is InChI=1S/C11H13FN2O2S/c12-8-3-1-2-4-9(8)13-14-10(15)11(16)5-6-17-7-11/h1-4,13,16H,5-7H2,(H,14,15). The molecule has 0 radical (unpaired) electrons. The predicted octanol–water partition coefficient (Wildman–Crippen LogP) is 1.14. The second kappa shape index (κ2) is 4.93. The molecule has 1 amide bonds. The molecule has 17 heavy (non-hydrogen) atoms. The monoisotopic (exact) mass is 256 g/mol. The molecule has 1 aromatic carbocycles. The highest BCUT2D eigenvalue weighted by Gasteiger charge is 2.39. The zero-order chi connectivity index (χ0) is 12.3. The minimum atomic E-state index is -1.34. The molecule has 1 saturated heterocycles. The predicted molar refractivity (Wildman–Crippen MR) is 65.1 cm³/mol. The lowest BCUT2D eigenvalue weighted by atomic mass is 10.0. The maximum atomic E-state index is 13.2. The van der Waals surface area contributed by atoms with E-state index in [9.17, 15) is 14.3 Å². The number of anilines is 1. The Kier molecular flexibility index (Phi) is 3.54. The summed E-state index contributed by atoms with van der Waals surface area (Å²) in [5, 5.41) is 9.94. The van der Waals surface area contributed by atoms with Crippen LogP contribution >= 0.6 is 11.8 Å². The Labute approximate surface area is 103 Å². The van der Waals surface area contributed by atoms with Crippen LogP contribution in [0.2, 0.25) is 0 Å². The minimum absolute atomic E-state index is 0.176. The number of hydrogen-bond donors (Lipinski definition) is 3. The number of carbonyl (C=O) groups excluding carboxylic acids is 1. The molecule has 1 aromatic rings. The van der Waals surface area contributed by atoms with Crippen molar-refractivity contribution in [1.29, 1.82) is 0 Å². The van der Waals surface area contributed by atoms with Crippen molar-refractivity contribution in [2.45, 2.75) is 12.0 Å². The number of amides is 1. The lowest BCUT2D eigenvalue weighted by molar-refractivity contribution is -0.136. The highest BCUT2D eigenvalue weighted by Crippen LogP contribution is 2.27. The van der Waals surface area contributed by atoms with Crippen LogP contribution in [0.5, 0.6) is 0 Å². The first-order valence-electron chi connectivity index (χ1n) is 5.23. The Morgan fingerprint density at radius 2 is 2.24 bits per heavy atom. The van der Waals surface area contributed by atoms with Crippen molar-refractivity contribution in [3.63, 3.8) is 0 Å². The topological polar surface area (TPSA) is 61.4 Å². The number of aliphatic hydroxyl groups is 1. The summed E-state index contributed by atoms with van der Waals surface area (Å²) in [6, 6.07) is 6.00. The molecule has 1 aliphatic rings. The third kappa shape index (κ3) is 2.70. The van der Waals surface area contributed by atoms with Crippen LogP contribution in [0.25, 0.3) is 0 Å². The molecular weight excluding hydrogens is 243 g/mol. The first-order chi connectivity index (χ1) is 8.12. The number of hydrogen-bond acceptors (Lipinski definition) is 4. The van der Waals surface area contributed by atoms with Crippen LogP contribution < -0.4 is 10.9 Å². The molecule has 4 nitrogen and oxygen atoms in total. The lowest BCUT2D eigenvalue weighted by Crippen LogP contribution is -2.49. The van der Waals surface area contributed by atoms with Crippen LogP contribution in [0.3, 0.4) is 0 Å². The summed E-state index contributed by atoms with van der Waals surface area (Å²) in [5.41, 5.74) is 3.63. The maximum Gasteiger partial charge on any atom is 0.271 e. The molecule has 3 N–H and O–H groups in total. The van der Waals surface area contributed by atoms with Crippen LogP contribution in [0.1, 0.15) is 6.42 Å². The van der Waals surface area contributed by atoms with Crippen molar-refractivity contribution in [3.05, 3.63) is 30.1 Å². The van der Waals surface area contributed by atoms with Gasteiger partial charge in [0.05, 0.1) is 5.69 Å². The number of carbonyl (C=O) groups is 1. The fourth-order valence-corrected chi connectivity index (χ4v) is 2.78. The van der Waals surface area contributed by atoms with Crippen molar-refractivity contribution in [1.82, 2.24) is 5.43 Å². The van der Waals surface area contributed by atoms with E-state index in [2.05, 4.69) is 10.9 Å². The zero-order valence-corrected chi connectivity index (χ0v) is 9.89. The van der Waals surface area contributed by atoms with Crippen molar-refractivity contribution >= 4 is 23.4 Å². The van der Waals surface area contributed by atoms with E-state index in [1.165, 1.54) is 23.9 Å². The molecule has 1 fully saturated rings. The van der Waals surface area contributed by atoms with Crippen molar-refractivity contribution < 1.29 is 14.3 Å². The molecule has 1 unspecified atom stereocenters. The van der Waals surface area contributed by atoms with Gasteiger partial charge in [-0.3, -0.25) is 15.6 Å². The first kappa shape index (κ1) is 12.2. The second-order valence-electron chi connectivity index (χ2n) is 3.89. The van der Waals surface area contributed by atoms with Gasteiger partial charge in [0.15, 0.2) is 5.60 Å². The largest absolute Gasteiger partial charge is 0.379 e. The van der Waals surface area contributed by atoms with Gasteiger partial charge in [0.1, 0.15) is 5.82 Å². The molecule has 1 heterocycles. The van der Waals surface area contributed by atoms with Crippen LogP contribution in [-0.4, -0.2) is 28.1 Å². The quantitative estimate of drug-likeness (QED) is 0.710. The number of nitrogens with one attached hydrogen (secondary N) is 2. The van der Waals surface area contributed by atoms with Gasteiger partial charge < -0.3 is 5.11 Å². The summed E-state index contributed by atoms with van der Waals surface area (Å²) in [7, 11) is 0.